The van der Waals surface area contributed by atoms with Crippen molar-refractivity contribution in [2.45, 2.75) is 25.8 Å². The fraction of sp³-hybridized carbons (Fsp3) is 0.444. The second-order valence-corrected chi connectivity index (χ2v) is 7.09. The summed E-state index contributed by atoms with van der Waals surface area (Å²) in [7, 11) is 5.71. The van der Waals surface area contributed by atoms with Gasteiger partial charge < -0.3 is 15.5 Å². The van der Waals surface area contributed by atoms with Crippen LogP contribution in [0, 0.1) is 10.1 Å². The van der Waals surface area contributed by atoms with Crippen LogP contribution in [0.15, 0.2) is 34.6 Å². The molecule has 0 aliphatic rings. The monoisotopic (exact) mass is 518 g/mol. The number of halogens is 1. The van der Waals surface area contributed by atoms with Crippen LogP contribution in [0.4, 0.5) is 10.8 Å². The molecule has 1 aromatic carbocycles. The van der Waals surface area contributed by atoms with Crippen molar-refractivity contribution >= 4 is 52.1 Å². The van der Waals surface area contributed by atoms with E-state index >= 15 is 0 Å². The van der Waals surface area contributed by atoms with Crippen LogP contribution in [0.5, 0.6) is 0 Å². The molecule has 2 N–H and O–H groups in total. The van der Waals surface area contributed by atoms with Crippen molar-refractivity contribution in [3.63, 3.8) is 0 Å². The highest BCUT2D eigenvalue weighted by Crippen LogP contribution is 2.17. The molecule has 0 saturated heterocycles. The Kier molecular flexibility index (Phi) is 10.8. The van der Waals surface area contributed by atoms with Gasteiger partial charge in [0.1, 0.15) is 0 Å². The Morgan fingerprint density at radius 3 is 2.54 bits per heavy atom. The lowest BCUT2D eigenvalue weighted by molar-refractivity contribution is -0.384. The third kappa shape index (κ3) is 7.97. The summed E-state index contributed by atoms with van der Waals surface area (Å²) in [6.45, 7) is 1.44. The summed E-state index contributed by atoms with van der Waals surface area (Å²) in [5, 5.41) is 20.2. The number of nitrogens with one attached hydrogen (secondary N) is 2. The number of unbranched alkanes of at least 4 members (excludes halogenated alkanes) is 1. The van der Waals surface area contributed by atoms with Crippen molar-refractivity contribution in [1.29, 1.82) is 0 Å². The minimum atomic E-state index is -0.376. The first-order valence-corrected chi connectivity index (χ1v) is 9.67. The SMILES string of the molecule is CN=C(NCCCCc1ccc([N+](=O)[O-])cc1)NCc1csc(N(C)C)n1.I. The average Bonchev–Trinajstić information content (AvgIpc) is 3.13. The minimum absolute atomic E-state index is 0. The topological polar surface area (TPSA) is 95.7 Å². The first-order chi connectivity index (χ1) is 13.0. The number of anilines is 1. The van der Waals surface area contributed by atoms with Crippen molar-refractivity contribution in [2.24, 2.45) is 4.99 Å². The summed E-state index contributed by atoms with van der Waals surface area (Å²) in [5.74, 6) is 0.754. The maximum Gasteiger partial charge on any atom is 0.269 e. The van der Waals surface area contributed by atoms with E-state index in [1.807, 2.05) is 36.5 Å². The van der Waals surface area contributed by atoms with Gasteiger partial charge in [-0.1, -0.05) is 12.1 Å². The predicted octanol–water partition coefficient (Wildman–Crippen LogP) is 3.42. The van der Waals surface area contributed by atoms with Crippen LogP contribution in [0.1, 0.15) is 24.1 Å². The number of nitro groups is 1. The molecule has 0 atom stereocenters. The van der Waals surface area contributed by atoms with E-state index in [9.17, 15) is 10.1 Å². The second-order valence-electron chi connectivity index (χ2n) is 6.25. The molecule has 0 bridgehead atoms. The molecule has 2 aromatic rings. The highest BCUT2D eigenvalue weighted by molar-refractivity contribution is 14.0. The molecule has 154 valence electrons. The molecule has 0 aliphatic heterocycles. The van der Waals surface area contributed by atoms with Gasteiger partial charge in [0, 0.05) is 45.2 Å². The number of hydrogen-bond donors (Lipinski definition) is 2. The lowest BCUT2D eigenvalue weighted by atomic mass is 10.1. The van der Waals surface area contributed by atoms with Gasteiger partial charge in [-0.3, -0.25) is 15.1 Å². The molecule has 0 fully saturated rings. The van der Waals surface area contributed by atoms with Gasteiger partial charge in [0.2, 0.25) is 0 Å². The Balaban J connectivity index is 0.00000392. The molecular weight excluding hydrogens is 491 g/mol. The number of benzene rings is 1. The quantitative estimate of drug-likeness (QED) is 0.132. The standard InChI is InChI=1S/C18H26N6O2S.HI/c1-19-17(21-12-15-13-27-18(22-15)23(2)3)20-11-5-4-6-14-7-9-16(10-8-14)24(25)26;/h7-10,13H,4-6,11-12H2,1-3H3,(H2,19,20,21);1H. The number of thiazole rings is 1. The van der Waals surface area contributed by atoms with E-state index in [4.69, 9.17) is 0 Å². The molecule has 8 nitrogen and oxygen atoms in total. The highest BCUT2D eigenvalue weighted by atomic mass is 127. The molecular formula is C18H27IN6O2S. The third-order valence-electron chi connectivity index (χ3n) is 3.91. The number of nitrogens with zero attached hydrogens (tertiary/aromatic N) is 4. The van der Waals surface area contributed by atoms with Crippen LogP contribution >= 0.6 is 35.3 Å². The van der Waals surface area contributed by atoms with E-state index < -0.39 is 0 Å². The van der Waals surface area contributed by atoms with Gasteiger partial charge in [0.25, 0.3) is 5.69 Å². The van der Waals surface area contributed by atoms with E-state index in [0.29, 0.717) is 6.54 Å². The number of guanidine groups is 1. The second kappa shape index (κ2) is 12.5. The molecule has 0 saturated carbocycles. The normalized spacial score (nSPS) is 10.9. The van der Waals surface area contributed by atoms with E-state index in [1.54, 1.807) is 30.5 Å². The minimum Gasteiger partial charge on any atom is -0.356 e. The van der Waals surface area contributed by atoms with E-state index in [1.165, 1.54) is 0 Å². The predicted molar refractivity (Wildman–Crippen MR) is 126 cm³/mol. The Morgan fingerprint density at radius 2 is 1.96 bits per heavy atom. The summed E-state index contributed by atoms with van der Waals surface area (Å²) in [4.78, 5) is 21.0. The Morgan fingerprint density at radius 1 is 1.25 bits per heavy atom. The van der Waals surface area contributed by atoms with Gasteiger partial charge in [0.15, 0.2) is 11.1 Å². The molecule has 1 heterocycles. The number of nitro benzene ring substituents is 1. The number of hydrogen-bond acceptors (Lipinski definition) is 6. The van der Waals surface area contributed by atoms with Crippen molar-refractivity contribution in [2.75, 3.05) is 32.6 Å². The first kappa shape index (κ1) is 24.1. The largest absolute Gasteiger partial charge is 0.356 e. The fourth-order valence-corrected chi connectivity index (χ4v) is 3.18. The van der Waals surface area contributed by atoms with Gasteiger partial charge in [-0.2, -0.15) is 0 Å². The Bertz CT molecular complexity index is 764. The molecule has 0 amide bonds. The van der Waals surface area contributed by atoms with Crippen LogP contribution in [0.3, 0.4) is 0 Å². The van der Waals surface area contributed by atoms with Crippen LogP contribution in [-0.4, -0.2) is 43.6 Å². The molecule has 28 heavy (non-hydrogen) atoms. The zero-order valence-corrected chi connectivity index (χ0v) is 19.5. The summed E-state index contributed by atoms with van der Waals surface area (Å²) < 4.78 is 0. The first-order valence-electron chi connectivity index (χ1n) is 8.79. The van der Waals surface area contributed by atoms with Crippen molar-refractivity contribution in [1.82, 2.24) is 15.6 Å². The molecule has 2 rings (SSSR count). The van der Waals surface area contributed by atoms with Gasteiger partial charge in [0.05, 0.1) is 17.2 Å². The zero-order chi connectivity index (χ0) is 19.6. The van der Waals surface area contributed by atoms with Crippen LogP contribution in [-0.2, 0) is 13.0 Å². The molecule has 0 unspecified atom stereocenters. The average molecular weight is 518 g/mol. The summed E-state index contributed by atoms with van der Waals surface area (Å²) in [6, 6.07) is 6.75. The summed E-state index contributed by atoms with van der Waals surface area (Å²) in [6.07, 6.45) is 2.89. The molecule has 1 aromatic heterocycles. The number of aliphatic imine (C=N–C) groups is 1. The van der Waals surface area contributed by atoms with Gasteiger partial charge in [-0.25, -0.2) is 4.98 Å². The fourth-order valence-electron chi connectivity index (χ4n) is 2.42. The number of non-ortho nitro benzene ring substituents is 1. The maximum atomic E-state index is 10.7. The van der Waals surface area contributed by atoms with E-state index in [0.717, 1.165) is 48.2 Å². The summed E-state index contributed by atoms with van der Waals surface area (Å²) in [5.41, 5.74) is 2.24. The van der Waals surface area contributed by atoms with Crippen LogP contribution < -0.4 is 15.5 Å². The highest BCUT2D eigenvalue weighted by Gasteiger charge is 2.05. The maximum absolute atomic E-state index is 10.7. The third-order valence-corrected chi connectivity index (χ3v) is 4.97. The number of aromatic nitrogens is 1. The van der Waals surface area contributed by atoms with E-state index in [-0.39, 0.29) is 34.6 Å². The Hall–Kier alpha value is -1.95. The van der Waals surface area contributed by atoms with Crippen LogP contribution in [0.2, 0.25) is 0 Å². The van der Waals surface area contributed by atoms with Crippen molar-refractivity contribution in [3.05, 3.63) is 51.0 Å². The molecule has 0 spiro atoms. The van der Waals surface area contributed by atoms with Gasteiger partial charge >= 0.3 is 0 Å². The number of aryl methyl sites for hydroxylation is 1. The Labute approximate surface area is 186 Å². The van der Waals surface area contributed by atoms with Gasteiger partial charge in [-0.15, -0.1) is 35.3 Å². The number of rotatable bonds is 9. The lowest BCUT2D eigenvalue weighted by Crippen LogP contribution is -2.37. The molecule has 0 aliphatic carbocycles. The summed E-state index contributed by atoms with van der Waals surface area (Å²) >= 11 is 1.62. The smallest absolute Gasteiger partial charge is 0.269 e. The van der Waals surface area contributed by atoms with Gasteiger partial charge in [-0.05, 0) is 24.8 Å². The van der Waals surface area contributed by atoms with Crippen molar-refractivity contribution < 1.29 is 4.92 Å². The zero-order valence-electron chi connectivity index (χ0n) is 16.3. The molecule has 0 radical (unpaired) electrons. The van der Waals surface area contributed by atoms with E-state index in [2.05, 4.69) is 20.6 Å². The lowest BCUT2D eigenvalue weighted by Gasteiger charge is -2.11. The molecule has 10 heteroatoms. The van der Waals surface area contributed by atoms with Crippen molar-refractivity contribution in [3.8, 4) is 0 Å². The van der Waals surface area contributed by atoms with Crippen LogP contribution in [0.25, 0.3) is 0 Å².